The second kappa shape index (κ2) is 5.24. The molecule has 0 saturated carbocycles. The zero-order valence-electron chi connectivity index (χ0n) is 12.4. The third-order valence-electron chi connectivity index (χ3n) is 3.69. The molecule has 4 rings (SSSR count). The van der Waals surface area contributed by atoms with Crippen molar-refractivity contribution in [1.29, 1.82) is 0 Å². The first-order valence-corrected chi connectivity index (χ1v) is 7.30. The van der Waals surface area contributed by atoms with Gasteiger partial charge in [-0.1, -0.05) is 18.2 Å². The van der Waals surface area contributed by atoms with Gasteiger partial charge in [-0.05, 0) is 25.1 Å². The van der Waals surface area contributed by atoms with Gasteiger partial charge in [-0.15, -0.1) is 0 Å². The molecular weight excluding hydrogens is 292 g/mol. The smallest absolute Gasteiger partial charge is 0.272 e. The Balaban J connectivity index is 1.57. The van der Waals surface area contributed by atoms with Gasteiger partial charge in [0, 0.05) is 24.0 Å². The number of carbonyl (C=O) groups excluding carboxylic acids is 1. The van der Waals surface area contributed by atoms with E-state index < -0.39 is 0 Å². The molecule has 3 aromatic heterocycles. The Morgan fingerprint density at radius 3 is 3.00 bits per heavy atom. The number of benzene rings is 1. The van der Waals surface area contributed by atoms with Gasteiger partial charge < -0.3 is 9.73 Å². The SMILES string of the molecule is C[C@H](NC(=O)c1cn2cccnc2n1)c1cc2ccccc2o1. The van der Waals surface area contributed by atoms with E-state index in [1.807, 2.05) is 37.3 Å². The number of aromatic nitrogens is 3. The van der Waals surface area contributed by atoms with E-state index in [0.29, 0.717) is 17.2 Å². The van der Waals surface area contributed by atoms with Crippen LogP contribution in [0.1, 0.15) is 29.2 Å². The van der Waals surface area contributed by atoms with Crippen LogP contribution in [0.3, 0.4) is 0 Å². The molecule has 0 aliphatic heterocycles. The van der Waals surface area contributed by atoms with Gasteiger partial charge in [-0.3, -0.25) is 9.20 Å². The molecule has 1 atom stereocenters. The highest BCUT2D eigenvalue weighted by atomic mass is 16.3. The number of fused-ring (bicyclic) bond motifs is 2. The Morgan fingerprint density at radius 2 is 2.17 bits per heavy atom. The van der Waals surface area contributed by atoms with Crippen molar-refractivity contribution in [3.63, 3.8) is 0 Å². The van der Waals surface area contributed by atoms with E-state index in [9.17, 15) is 4.79 Å². The molecule has 0 unspecified atom stereocenters. The number of rotatable bonds is 3. The van der Waals surface area contributed by atoms with Gasteiger partial charge in [0.25, 0.3) is 5.91 Å². The van der Waals surface area contributed by atoms with E-state index in [1.54, 1.807) is 29.1 Å². The second-order valence-electron chi connectivity index (χ2n) is 5.33. The topological polar surface area (TPSA) is 72.4 Å². The first-order chi connectivity index (χ1) is 11.2. The molecule has 1 N–H and O–H groups in total. The number of carbonyl (C=O) groups is 1. The Kier molecular flexibility index (Phi) is 3.08. The van der Waals surface area contributed by atoms with Crippen LogP contribution in [0.5, 0.6) is 0 Å². The quantitative estimate of drug-likeness (QED) is 0.631. The van der Waals surface area contributed by atoms with Crippen molar-refractivity contribution in [3.05, 3.63) is 66.4 Å². The minimum absolute atomic E-state index is 0.257. The predicted octanol–water partition coefficient (Wildman–Crippen LogP) is 2.97. The molecule has 23 heavy (non-hydrogen) atoms. The van der Waals surface area contributed by atoms with E-state index >= 15 is 0 Å². The standard InChI is InChI=1S/C17H14N4O2/c1-11(15-9-12-5-2-3-6-14(12)23-15)19-16(22)13-10-21-8-4-7-18-17(21)20-13/h2-11H,1H3,(H,19,22)/t11-/m0/s1. The zero-order valence-corrected chi connectivity index (χ0v) is 12.4. The van der Waals surface area contributed by atoms with Crippen LogP contribution in [0.25, 0.3) is 16.7 Å². The molecule has 1 aromatic carbocycles. The number of para-hydroxylation sites is 1. The second-order valence-corrected chi connectivity index (χ2v) is 5.33. The summed E-state index contributed by atoms with van der Waals surface area (Å²) in [6, 6.07) is 11.2. The number of hydrogen-bond acceptors (Lipinski definition) is 4. The van der Waals surface area contributed by atoms with Gasteiger partial charge in [-0.25, -0.2) is 9.97 Å². The van der Waals surface area contributed by atoms with E-state index in [2.05, 4.69) is 15.3 Å². The lowest BCUT2D eigenvalue weighted by atomic mass is 10.2. The van der Waals surface area contributed by atoms with E-state index in [-0.39, 0.29) is 11.9 Å². The maximum absolute atomic E-state index is 12.4. The highest BCUT2D eigenvalue weighted by Crippen LogP contribution is 2.23. The van der Waals surface area contributed by atoms with E-state index in [1.165, 1.54) is 0 Å². The van der Waals surface area contributed by atoms with Crippen LogP contribution in [0.2, 0.25) is 0 Å². The summed E-state index contributed by atoms with van der Waals surface area (Å²) in [4.78, 5) is 20.7. The van der Waals surface area contributed by atoms with Gasteiger partial charge in [-0.2, -0.15) is 0 Å². The first kappa shape index (κ1) is 13.5. The van der Waals surface area contributed by atoms with Crippen LogP contribution >= 0.6 is 0 Å². The minimum Gasteiger partial charge on any atom is -0.459 e. The summed E-state index contributed by atoms with van der Waals surface area (Å²) >= 11 is 0. The predicted molar refractivity (Wildman–Crippen MR) is 85.1 cm³/mol. The molecule has 4 aromatic rings. The van der Waals surface area contributed by atoms with Crippen LogP contribution in [0.15, 0.2) is 59.4 Å². The highest BCUT2D eigenvalue weighted by Gasteiger charge is 2.17. The van der Waals surface area contributed by atoms with Crippen molar-refractivity contribution >= 4 is 22.7 Å². The molecule has 6 nitrogen and oxygen atoms in total. The summed E-state index contributed by atoms with van der Waals surface area (Å²) in [5, 5.41) is 3.91. The molecule has 0 spiro atoms. The number of nitrogens with zero attached hydrogens (tertiary/aromatic N) is 3. The fraction of sp³-hybridized carbons (Fsp3) is 0.118. The number of nitrogens with one attached hydrogen (secondary N) is 1. The van der Waals surface area contributed by atoms with Gasteiger partial charge >= 0.3 is 0 Å². The third-order valence-corrected chi connectivity index (χ3v) is 3.69. The van der Waals surface area contributed by atoms with Crippen LogP contribution < -0.4 is 5.32 Å². The van der Waals surface area contributed by atoms with E-state index in [4.69, 9.17) is 4.42 Å². The lowest BCUT2D eigenvalue weighted by Gasteiger charge is -2.09. The number of imidazole rings is 1. The molecular formula is C17H14N4O2. The third kappa shape index (κ3) is 2.44. The Bertz CT molecular complexity index is 936. The maximum atomic E-state index is 12.4. The normalized spacial score (nSPS) is 12.6. The van der Waals surface area contributed by atoms with E-state index in [0.717, 1.165) is 11.0 Å². The lowest BCUT2D eigenvalue weighted by Crippen LogP contribution is -2.26. The molecule has 0 aliphatic carbocycles. The van der Waals surface area contributed by atoms with Crippen molar-refractivity contribution < 1.29 is 9.21 Å². The average molecular weight is 306 g/mol. The molecule has 0 radical (unpaired) electrons. The molecule has 0 fully saturated rings. The summed E-state index contributed by atoms with van der Waals surface area (Å²) in [5.74, 6) is 0.943. The molecule has 0 saturated heterocycles. The Labute approximate surface area is 131 Å². The Morgan fingerprint density at radius 1 is 1.30 bits per heavy atom. The first-order valence-electron chi connectivity index (χ1n) is 7.30. The fourth-order valence-corrected chi connectivity index (χ4v) is 2.50. The summed E-state index contributed by atoms with van der Waals surface area (Å²) in [5.41, 5.74) is 1.13. The number of amides is 1. The Hall–Kier alpha value is -3.15. The van der Waals surface area contributed by atoms with Crippen LogP contribution in [-0.4, -0.2) is 20.3 Å². The van der Waals surface area contributed by atoms with Gasteiger partial charge in [0.2, 0.25) is 5.78 Å². The van der Waals surface area contributed by atoms with Gasteiger partial charge in [0.1, 0.15) is 17.0 Å². The summed E-state index contributed by atoms with van der Waals surface area (Å²) in [6.45, 7) is 1.88. The van der Waals surface area contributed by atoms with Crippen molar-refractivity contribution in [2.75, 3.05) is 0 Å². The number of hydrogen-bond donors (Lipinski definition) is 1. The van der Waals surface area contributed by atoms with Gasteiger partial charge in [0.05, 0.1) is 6.04 Å². The lowest BCUT2D eigenvalue weighted by molar-refractivity contribution is 0.0931. The minimum atomic E-state index is -0.261. The number of furan rings is 1. The van der Waals surface area contributed by atoms with Crippen molar-refractivity contribution in [1.82, 2.24) is 19.7 Å². The summed E-state index contributed by atoms with van der Waals surface area (Å²) < 4.78 is 7.48. The van der Waals surface area contributed by atoms with Gasteiger partial charge in [0.15, 0.2) is 0 Å². The molecule has 3 heterocycles. The van der Waals surface area contributed by atoms with Crippen LogP contribution in [-0.2, 0) is 0 Å². The molecule has 1 amide bonds. The van der Waals surface area contributed by atoms with Crippen molar-refractivity contribution in [2.24, 2.45) is 0 Å². The highest BCUT2D eigenvalue weighted by molar-refractivity contribution is 5.93. The summed E-state index contributed by atoms with van der Waals surface area (Å²) in [7, 11) is 0. The van der Waals surface area contributed by atoms with Crippen LogP contribution in [0.4, 0.5) is 0 Å². The summed E-state index contributed by atoms with van der Waals surface area (Å²) in [6.07, 6.45) is 5.10. The van der Waals surface area contributed by atoms with Crippen molar-refractivity contribution in [3.8, 4) is 0 Å². The molecule has 0 bridgehead atoms. The van der Waals surface area contributed by atoms with Crippen LogP contribution in [0, 0.1) is 0 Å². The maximum Gasteiger partial charge on any atom is 0.272 e. The monoisotopic (exact) mass is 306 g/mol. The average Bonchev–Trinajstić information content (AvgIpc) is 3.18. The largest absolute Gasteiger partial charge is 0.459 e. The molecule has 6 heteroatoms. The zero-order chi connectivity index (χ0) is 15.8. The molecule has 0 aliphatic rings. The van der Waals surface area contributed by atoms with Crippen molar-refractivity contribution in [2.45, 2.75) is 13.0 Å². The fourth-order valence-electron chi connectivity index (χ4n) is 2.50. The molecule has 114 valence electrons.